The normalized spacial score (nSPS) is 11.1. The first-order chi connectivity index (χ1) is 10.5. The number of imidazole rings is 1. The summed E-state index contributed by atoms with van der Waals surface area (Å²) < 4.78 is 7.27. The number of hydrogen-bond acceptors (Lipinski definition) is 6. The van der Waals surface area contributed by atoms with Crippen LogP contribution in [0.2, 0.25) is 5.15 Å². The van der Waals surface area contributed by atoms with Crippen LogP contribution >= 0.6 is 11.6 Å². The Morgan fingerprint density at radius 2 is 2.05 bits per heavy atom. The number of pyridine rings is 1. The standard InChI is InChI=1S/C14H15ClN6O/c1-7-9(4-17-8(2)11(7)22-3)5-21-6-18-10-12(15)19-14(16)20-13(10)21/h4,6H,5H2,1-3H3,(H2,16,19,20). The minimum atomic E-state index is 0.121. The van der Waals surface area contributed by atoms with E-state index in [0.717, 1.165) is 22.6 Å². The van der Waals surface area contributed by atoms with Crippen LogP contribution in [0.15, 0.2) is 12.5 Å². The largest absolute Gasteiger partial charge is 0.495 e. The molecule has 3 aromatic heterocycles. The third-order valence-corrected chi connectivity index (χ3v) is 3.81. The summed E-state index contributed by atoms with van der Waals surface area (Å²) in [6.45, 7) is 4.45. The van der Waals surface area contributed by atoms with Gasteiger partial charge in [0.1, 0.15) is 11.3 Å². The van der Waals surface area contributed by atoms with Crippen LogP contribution in [0.4, 0.5) is 5.95 Å². The van der Waals surface area contributed by atoms with Gasteiger partial charge in [0, 0.05) is 6.20 Å². The second-order valence-electron chi connectivity index (χ2n) is 4.94. The number of nitrogens with two attached hydrogens (primary N) is 1. The summed E-state index contributed by atoms with van der Waals surface area (Å²) in [6, 6.07) is 0. The molecular formula is C14H15ClN6O. The van der Waals surface area contributed by atoms with E-state index in [1.165, 1.54) is 0 Å². The molecule has 0 aliphatic carbocycles. The number of halogens is 1. The summed E-state index contributed by atoms with van der Waals surface area (Å²) in [5.41, 5.74) is 9.68. The predicted molar refractivity (Wildman–Crippen MR) is 84.1 cm³/mol. The van der Waals surface area contributed by atoms with Crippen molar-refractivity contribution >= 4 is 28.7 Å². The molecule has 3 rings (SSSR count). The van der Waals surface area contributed by atoms with Crippen molar-refractivity contribution in [3.63, 3.8) is 0 Å². The zero-order valence-electron chi connectivity index (χ0n) is 12.5. The molecule has 0 bridgehead atoms. The van der Waals surface area contributed by atoms with E-state index >= 15 is 0 Å². The fraction of sp³-hybridized carbons (Fsp3) is 0.286. The number of anilines is 1. The first kappa shape index (κ1) is 14.5. The molecule has 0 unspecified atom stereocenters. The lowest BCUT2D eigenvalue weighted by Gasteiger charge is -2.13. The molecule has 114 valence electrons. The Morgan fingerprint density at radius 3 is 2.77 bits per heavy atom. The van der Waals surface area contributed by atoms with Crippen LogP contribution in [0.25, 0.3) is 11.2 Å². The van der Waals surface area contributed by atoms with E-state index < -0.39 is 0 Å². The zero-order chi connectivity index (χ0) is 15.9. The number of fused-ring (bicyclic) bond motifs is 1. The zero-order valence-corrected chi connectivity index (χ0v) is 13.2. The summed E-state index contributed by atoms with van der Waals surface area (Å²) in [7, 11) is 1.64. The number of nitrogen functional groups attached to an aromatic ring is 1. The Balaban J connectivity index is 2.08. The molecule has 0 aliphatic rings. The van der Waals surface area contributed by atoms with Gasteiger partial charge in [-0.2, -0.15) is 9.97 Å². The molecule has 0 amide bonds. The predicted octanol–water partition coefficient (Wildman–Crippen LogP) is 2.13. The van der Waals surface area contributed by atoms with Crippen molar-refractivity contribution in [3.8, 4) is 5.75 Å². The van der Waals surface area contributed by atoms with Crippen molar-refractivity contribution in [1.82, 2.24) is 24.5 Å². The molecule has 0 spiro atoms. The first-order valence-corrected chi connectivity index (χ1v) is 7.02. The molecule has 0 saturated carbocycles. The fourth-order valence-corrected chi connectivity index (χ4v) is 2.65. The number of rotatable bonds is 3. The molecule has 3 heterocycles. The highest BCUT2D eigenvalue weighted by molar-refractivity contribution is 6.33. The van der Waals surface area contributed by atoms with Gasteiger partial charge in [0.15, 0.2) is 10.8 Å². The van der Waals surface area contributed by atoms with Gasteiger partial charge in [0.25, 0.3) is 0 Å². The molecule has 0 radical (unpaired) electrons. The highest BCUT2D eigenvalue weighted by Gasteiger charge is 2.14. The van der Waals surface area contributed by atoms with Gasteiger partial charge in [0.05, 0.1) is 25.7 Å². The summed E-state index contributed by atoms with van der Waals surface area (Å²) in [6.07, 6.45) is 3.49. The highest BCUT2D eigenvalue weighted by atomic mass is 35.5. The van der Waals surface area contributed by atoms with Crippen LogP contribution in [-0.4, -0.2) is 31.6 Å². The Morgan fingerprint density at radius 1 is 1.27 bits per heavy atom. The smallest absolute Gasteiger partial charge is 0.223 e. The maximum absolute atomic E-state index is 6.04. The third kappa shape index (κ3) is 2.33. The van der Waals surface area contributed by atoms with Gasteiger partial charge >= 0.3 is 0 Å². The number of aromatic nitrogens is 5. The maximum atomic E-state index is 6.04. The second-order valence-corrected chi connectivity index (χ2v) is 5.30. The molecule has 22 heavy (non-hydrogen) atoms. The Hall–Kier alpha value is -2.41. The van der Waals surface area contributed by atoms with Crippen molar-refractivity contribution in [1.29, 1.82) is 0 Å². The number of nitrogens with zero attached hydrogens (tertiary/aromatic N) is 5. The van der Waals surface area contributed by atoms with E-state index in [0.29, 0.717) is 17.7 Å². The van der Waals surface area contributed by atoms with Gasteiger partial charge in [-0.3, -0.25) is 4.98 Å². The molecule has 3 aromatic rings. The third-order valence-electron chi connectivity index (χ3n) is 3.55. The van der Waals surface area contributed by atoms with E-state index in [1.807, 2.05) is 24.6 Å². The van der Waals surface area contributed by atoms with E-state index in [2.05, 4.69) is 19.9 Å². The summed E-state index contributed by atoms with van der Waals surface area (Å²) >= 11 is 6.04. The van der Waals surface area contributed by atoms with Gasteiger partial charge in [0.2, 0.25) is 5.95 Å². The quantitative estimate of drug-likeness (QED) is 0.744. The van der Waals surface area contributed by atoms with Gasteiger partial charge < -0.3 is 15.0 Å². The van der Waals surface area contributed by atoms with E-state index in [1.54, 1.807) is 13.4 Å². The van der Waals surface area contributed by atoms with Crippen molar-refractivity contribution in [2.45, 2.75) is 20.4 Å². The van der Waals surface area contributed by atoms with Crippen LogP contribution in [0, 0.1) is 13.8 Å². The molecule has 2 N–H and O–H groups in total. The lowest BCUT2D eigenvalue weighted by Crippen LogP contribution is -2.06. The summed E-state index contributed by atoms with van der Waals surface area (Å²) in [4.78, 5) is 16.7. The van der Waals surface area contributed by atoms with Gasteiger partial charge in [-0.25, -0.2) is 4.98 Å². The molecular weight excluding hydrogens is 304 g/mol. The molecule has 7 nitrogen and oxygen atoms in total. The molecule has 0 fully saturated rings. The van der Waals surface area contributed by atoms with Crippen LogP contribution in [0.3, 0.4) is 0 Å². The van der Waals surface area contributed by atoms with Gasteiger partial charge in [-0.15, -0.1) is 0 Å². The van der Waals surface area contributed by atoms with Crippen LogP contribution in [0.5, 0.6) is 5.75 Å². The fourth-order valence-electron chi connectivity index (χ4n) is 2.43. The van der Waals surface area contributed by atoms with Crippen LogP contribution in [0.1, 0.15) is 16.8 Å². The van der Waals surface area contributed by atoms with Crippen molar-refractivity contribution < 1.29 is 4.74 Å². The number of aryl methyl sites for hydroxylation is 1. The molecule has 0 atom stereocenters. The van der Waals surface area contributed by atoms with E-state index in [4.69, 9.17) is 22.1 Å². The lowest BCUT2D eigenvalue weighted by atomic mass is 10.1. The average Bonchev–Trinajstić information content (AvgIpc) is 2.86. The maximum Gasteiger partial charge on any atom is 0.223 e. The summed E-state index contributed by atoms with van der Waals surface area (Å²) in [5.74, 6) is 0.907. The molecule has 0 aliphatic heterocycles. The topological polar surface area (TPSA) is 91.7 Å². The van der Waals surface area contributed by atoms with Crippen LogP contribution in [-0.2, 0) is 6.54 Å². The van der Waals surface area contributed by atoms with Crippen LogP contribution < -0.4 is 10.5 Å². The Labute approximate surface area is 132 Å². The van der Waals surface area contributed by atoms with Crippen molar-refractivity contribution in [2.75, 3.05) is 12.8 Å². The number of methoxy groups -OCH3 is 1. The second kappa shape index (κ2) is 5.42. The monoisotopic (exact) mass is 318 g/mol. The van der Waals surface area contributed by atoms with Gasteiger partial charge in [-0.05, 0) is 25.0 Å². The van der Waals surface area contributed by atoms with E-state index in [9.17, 15) is 0 Å². The number of hydrogen-bond donors (Lipinski definition) is 1. The summed E-state index contributed by atoms with van der Waals surface area (Å²) in [5, 5.41) is 0.248. The Kier molecular flexibility index (Phi) is 3.58. The molecule has 0 saturated heterocycles. The van der Waals surface area contributed by atoms with E-state index in [-0.39, 0.29) is 11.1 Å². The van der Waals surface area contributed by atoms with Gasteiger partial charge in [-0.1, -0.05) is 11.6 Å². The highest BCUT2D eigenvalue weighted by Crippen LogP contribution is 2.26. The average molecular weight is 319 g/mol. The Bertz CT molecular complexity index is 860. The van der Waals surface area contributed by atoms with Crippen molar-refractivity contribution in [3.05, 3.63) is 34.5 Å². The lowest BCUT2D eigenvalue weighted by molar-refractivity contribution is 0.405. The SMILES string of the molecule is COc1c(C)ncc(Cn2cnc3c(Cl)nc(N)nc32)c1C. The minimum Gasteiger partial charge on any atom is -0.495 e. The molecule has 8 heteroatoms. The molecule has 0 aromatic carbocycles. The minimum absolute atomic E-state index is 0.121. The number of ether oxygens (including phenoxy) is 1. The first-order valence-electron chi connectivity index (χ1n) is 6.64. The van der Waals surface area contributed by atoms with Crippen molar-refractivity contribution in [2.24, 2.45) is 0 Å².